The molecule has 2 rings (SSSR count). The third kappa shape index (κ3) is 6.64. The van der Waals surface area contributed by atoms with Gasteiger partial charge in [-0.1, -0.05) is 13.8 Å². The Hall–Kier alpha value is -1.74. The van der Waals surface area contributed by atoms with Gasteiger partial charge in [-0.15, -0.1) is 0 Å². The van der Waals surface area contributed by atoms with E-state index in [9.17, 15) is 24.8 Å². The lowest BCUT2D eigenvalue weighted by Crippen LogP contribution is -2.47. The molecule has 0 aromatic carbocycles. The molecular weight excluding hydrogens is 382 g/mol. The van der Waals surface area contributed by atoms with E-state index in [1.807, 2.05) is 0 Å². The number of carboxylic acid groups (broad SMARTS) is 1. The van der Waals surface area contributed by atoms with Crippen molar-refractivity contribution < 1.29 is 33.8 Å². The highest BCUT2D eigenvalue weighted by molar-refractivity contribution is 5.82. The van der Waals surface area contributed by atoms with Crippen molar-refractivity contribution in [3.63, 3.8) is 0 Å². The largest absolute Gasteiger partial charge is 0.481 e. The average molecular weight is 415 g/mol. The zero-order valence-electron chi connectivity index (χ0n) is 17.5. The van der Waals surface area contributed by atoms with Crippen molar-refractivity contribution in [2.45, 2.75) is 77.0 Å². The molecule has 3 atom stereocenters. The molecule has 2 fully saturated rings. The zero-order valence-corrected chi connectivity index (χ0v) is 17.5. The molecule has 0 spiro atoms. The van der Waals surface area contributed by atoms with Crippen LogP contribution in [0.3, 0.4) is 0 Å². The fourth-order valence-electron chi connectivity index (χ4n) is 4.34. The summed E-state index contributed by atoms with van der Waals surface area (Å²) in [5.74, 6) is -4.20. The predicted octanol–water partition coefficient (Wildman–Crippen LogP) is 2.68. The van der Waals surface area contributed by atoms with Gasteiger partial charge >= 0.3 is 11.9 Å². The Morgan fingerprint density at radius 1 is 1.07 bits per heavy atom. The Balaban J connectivity index is 1.87. The quantitative estimate of drug-likeness (QED) is 0.346. The van der Waals surface area contributed by atoms with Gasteiger partial charge in [0.25, 0.3) is 0 Å². The van der Waals surface area contributed by atoms with Gasteiger partial charge in [0.05, 0.1) is 25.2 Å². The summed E-state index contributed by atoms with van der Waals surface area (Å²) >= 11 is 0. The Kier molecular flexibility index (Phi) is 8.39. The molecule has 9 heteroatoms. The third-order valence-electron chi connectivity index (χ3n) is 5.87. The fourth-order valence-corrected chi connectivity index (χ4v) is 4.34. The van der Waals surface area contributed by atoms with Crippen LogP contribution in [0.4, 0.5) is 0 Å². The molecule has 0 heterocycles. The summed E-state index contributed by atoms with van der Waals surface area (Å²) in [6, 6.07) is -1.19. The monoisotopic (exact) mass is 415 g/mol. The first-order valence-electron chi connectivity index (χ1n) is 10.3. The molecule has 166 valence electrons. The van der Waals surface area contributed by atoms with Crippen LogP contribution in [0.1, 0.15) is 58.8 Å². The number of carboxylic acids is 1. The van der Waals surface area contributed by atoms with Crippen molar-refractivity contribution in [1.29, 1.82) is 0 Å². The number of hydrogen-bond acceptors (Lipinski definition) is 7. The Morgan fingerprint density at radius 3 is 2.24 bits per heavy atom. The molecule has 3 unspecified atom stereocenters. The predicted molar refractivity (Wildman–Crippen MR) is 103 cm³/mol. The van der Waals surface area contributed by atoms with Crippen molar-refractivity contribution in [3.8, 4) is 0 Å². The molecule has 29 heavy (non-hydrogen) atoms. The van der Waals surface area contributed by atoms with E-state index in [1.54, 1.807) is 7.11 Å². The highest BCUT2D eigenvalue weighted by Gasteiger charge is 2.50. The van der Waals surface area contributed by atoms with Crippen molar-refractivity contribution in [2.75, 3.05) is 20.3 Å². The summed E-state index contributed by atoms with van der Waals surface area (Å²) in [5.41, 5.74) is -0.0809. The molecule has 0 aromatic rings. The summed E-state index contributed by atoms with van der Waals surface area (Å²) in [5, 5.41) is 20.8. The first-order valence-corrected chi connectivity index (χ1v) is 10.3. The van der Waals surface area contributed by atoms with Gasteiger partial charge in [-0.3, -0.25) is 19.7 Å². The Bertz CT molecular complexity index is 563. The SMILES string of the molecule is COCC(C)(C)COC1CCC(OC(=O)C2C(C(=O)O)CCCC2[N+](=O)[O-])CC1. The molecule has 0 aromatic heterocycles. The van der Waals surface area contributed by atoms with Crippen LogP contribution in [-0.2, 0) is 23.8 Å². The maximum absolute atomic E-state index is 12.7. The van der Waals surface area contributed by atoms with Gasteiger partial charge in [0.1, 0.15) is 12.0 Å². The van der Waals surface area contributed by atoms with Crippen molar-refractivity contribution in [2.24, 2.45) is 17.3 Å². The summed E-state index contributed by atoms with van der Waals surface area (Å²) in [6.07, 6.45) is 3.29. The van der Waals surface area contributed by atoms with E-state index in [0.717, 1.165) is 12.8 Å². The van der Waals surface area contributed by atoms with Crippen molar-refractivity contribution in [1.82, 2.24) is 0 Å². The molecule has 0 saturated heterocycles. The second kappa shape index (κ2) is 10.3. The lowest BCUT2D eigenvalue weighted by Gasteiger charge is -2.34. The minimum absolute atomic E-state index is 0.0778. The van der Waals surface area contributed by atoms with E-state index in [2.05, 4.69) is 13.8 Å². The standard InChI is InChI=1S/C20H33NO8/c1-20(2,11-27-3)12-28-13-7-9-14(10-8-13)29-19(24)17-15(18(22)23)5-4-6-16(17)21(25)26/h13-17H,4-12H2,1-3H3,(H,22,23). The summed E-state index contributed by atoms with van der Waals surface area (Å²) < 4.78 is 16.7. The highest BCUT2D eigenvalue weighted by Crippen LogP contribution is 2.35. The molecule has 2 aliphatic rings. The second-order valence-electron chi connectivity index (χ2n) is 9.00. The number of hydrogen-bond donors (Lipinski definition) is 1. The number of methoxy groups -OCH3 is 1. The summed E-state index contributed by atoms with van der Waals surface area (Å²) in [4.78, 5) is 35.0. The van der Waals surface area contributed by atoms with Crippen LogP contribution in [0.5, 0.6) is 0 Å². The maximum atomic E-state index is 12.7. The van der Waals surface area contributed by atoms with Crippen LogP contribution in [0.25, 0.3) is 0 Å². The second-order valence-corrected chi connectivity index (χ2v) is 9.00. The van der Waals surface area contributed by atoms with E-state index in [4.69, 9.17) is 14.2 Å². The Labute approximate surface area is 171 Å². The van der Waals surface area contributed by atoms with Crippen LogP contribution >= 0.6 is 0 Å². The van der Waals surface area contributed by atoms with Gasteiger partial charge in [-0.05, 0) is 38.5 Å². The van der Waals surface area contributed by atoms with Gasteiger partial charge in [0, 0.05) is 23.9 Å². The van der Waals surface area contributed by atoms with Crippen molar-refractivity contribution in [3.05, 3.63) is 10.1 Å². The highest BCUT2D eigenvalue weighted by atomic mass is 16.6. The van der Waals surface area contributed by atoms with Gasteiger partial charge in [0.2, 0.25) is 6.04 Å². The zero-order chi connectivity index (χ0) is 21.6. The van der Waals surface area contributed by atoms with Crippen LogP contribution in [0.2, 0.25) is 0 Å². The van der Waals surface area contributed by atoms with Gasteiger partial charge in [0.15, 0.2) is 0 Å². The average Bonchev–Trinajstić information content (AvgIpc) is 2.66. The fraction of sp³-hybridized carbons (Fsp3) is 0.900. The number of nitrogens with zero attached hydrogens (tertiary/aromatic N) is 1. The van der Waals surface area contributed by atoms with Crippen LogP contribution in [0.15, 0.2) is 0 Å². The smallest absolute Gasteiger partial charge is 0.317 e. The molecule has 1 N–H and O–H groups in total. The molecule has 9 nitrogen and oxygen atoms in total. The Morgan fingerprint density at radius 2 is 1.69 bits per heavy atom. The number of carbonyl (C=O) groups is 2. The van der Waals surface area contributed by atoms with Crippen LogP contribution < -0.4 is 0 Å². The van der Waals surface area contributed by atoms with E-state index in [-0.39, 0.29) is 30.5 Å². The molecule has 0 radical (unpaired) electrons. The lowest BCUT2D eigenvalue weighted by atomic mass is 9.76. The maximum Gasteiger partial charge on any atom is 0.317 e. The molecular formula is C20H33NO8. The normalized spacial score (nSPS) is 30.5. The number of rotatable bonds is 9. The first-order chi connectivity index (χ1) is 13.6. The van der Waals surface area contributed by atoms with Crippen molar-refractivity contribution >= 4 is 11.9 Å². The van der Waals surface area contributed by atoms with E-state index in [1.165, 1.54) is 0 Å². The van der Waals surface area contributed by atoms with Crippen LogP contribution in [-0.4, -0.2) is 60.5 Å². The van der Waals surface area contributed by atoms with Crippen LogP contribution in [0, 0.1) is 27.4 Å². The van der Waals surface area contributed by atoms with E-state index < -0.39 is 34.7 Å². The minimum Gasteiger partial charge on any atom is -0.481 e. The number of ether oxygens (including phenoxy) is 3. The molecule has 0 amide bonds. The molecule has 0 aliphatic heterocycles. The summed E-state index contributed by atoms with van der Waals surface area (Å²) in [7, 11) is 1.66. The molecule has 0 bridgehead atoms. The minimum atomic E-state index is -1.22. The third-order valence-corrected chi connectivity index (χ3v) is 5.87. The first kappa shape index (κ1) is 23.5. The molecule has 2 saturated carbocycles. The lowest BCUT2D eigenvalue weighted by molar-refractivity contribution is -0.534. The molecule has 2 aliphatic carbocycles. The number of aliphatic carboxylic acids is 1. The summed E-state index contributed by atoms with van der Waals surface area (Å²) in [6.45, 7) is 5.31. The van der Waals surface area contributed by atoms with Gasteiger partial charge in [-0.25, -0.2) is 0 Å². The number of nitro groups is 1. The van der Waals surface area contributed by atoms with Gasteiger partial charge < -0.3 is 19.3 Å². The number of esters is 1. The number of carbonyl (C=O) groups excluding carboxylic acids is 1. The van der Waals surface area contributed by atoms with E-state index in [0.29, 0.717) is 32.5 Å². The van der Waals surface area contributed by atoms with Gasteiger partial charge in [-0.2, -0.15) is 0 Å². The topological polar surface area (TPSA) is 125 Å². The van der Waals surface area contributed by atoms with E-state index >= 15 is 0 Å².